The summed E-state index contributed by atoms with van der Waals surface area (Å²) in [6, 6.07) is 10.1. The first-order chi connectivity index (χ1) is 8.51. The second-order valence-electron chi connectivity index (χ2n) is 6.25. The van der Waals surface area contributed by atoms with Gasteiger partial charge >= 0.3 is 0 Å². The van der Waals surface area contributed by atoms with Crippen LogP contribution in [0, 0.1) is 0 Å². The lowest BCUT2D eigenvalue weighted by molar-refractivity contribution is -0.672. The summed E-state index contributed by atoms with van der Waals surface area (Å²) in [6.07, 6.45) is 3.58. The molecule has 106 valence electrons. The van der Waals surface area contributed by atoms with E-state index in [0.29, 0.717) is 0 Å². The number of halogens is 1. The van der Waals surface area contributed by atoms with Crippen LogP contribution < -0.4 is 17.0 Å². The summed E-state index contributed by atoms with van der Waals surface area (Å²) >= 11 is 0. The Morgan fingerprint density at radius 1 is 1.16 bits per heavy atom. The van der Waals surface area contributed by atoms with Crippen molar-refractivity contribution in [3.8, 4) is 0 Å². The van der Waals surface area contributed by atoms with Gasteiger partial charge in [-0.3, -0.25) is 0 Å². The van der Waals surface area contributed by atoms with E-state index in [9.17, 15) is 0 Å². The van der Waals surface area contributed by atoms with Crippen LogP contribution in [0.15, 0.2) is 30.6 Å². The highest BCUT2D eigenvalue weighted by Gasteiger charge is 2.16. The number of aryl methyl sites for hydroxylation is 2. The third-order valence-electron chi connectivity index (χ3n) is 3.45. The molecule has 2 aromatic rings. The van der Waals surface area contributed by atoms with Gasteiger partial charge < -0.3 is 12.4 Å². The summed E-state index contributed by atoms with van der Waals surface area (Å²) in [7, 11) is -0.900. The van der Waals surface area contributed by atoms with Crippen LogP contribution in [0.5, 0.6) is 0 Å². The van der Waals surface area contributed by atoms with Gasteiger partial charge in [0.2, 0.25) is 6.33 Å². The lowest BCUT2D eigenvalue weighted by Crippen LogP contribution is -3.00. The minimum absolute atomic E-state index is 0. The maximum atomic E-state index is 2.45. The fraction of sp³-hybridized carbons (Fsp3) is 0.533. The van der Waals surface area contributed by atoms with Crippen molar-refractivity contribution < 1.29 is 17.0 Å². The summed E-state index contributed by atoms with van der Waals surface area (Å²) in [5.74, 6) is 0. The zero-order valence-electron chi connectivity index (χ0n) is 12.5. The number of hydrogen-bond acceptors (Lipinski definition) is 0. The normalized spacial score (nSPS) is 11.6. The standard InChI is InChI=1S/C15H25N2Si.ClH/c1-5-16-13-17(11-8-12-18(2,3)4)15-10-7-6-9-14(15)16;/h6-7,9-10,13H,5,8,11-12H2,1-4H3;1H/q+1;/p-1. The molecular formula is C15H25ClN2Si. The number of imidazole rings is 1. The van der Waals surface area contributed by atoms with Crippen molar-refractivity contribution in [3.05, 3.63) is 30.6 Å². The van der Waals surface area contributed by atoms with Gasteiger partial charge in [0.25, 0.3) is 0 Å². The molecule has 0 radical (unpaired) electrons. The first-order valence-electron chi connectivity index (χ1n) is 6.98. The summed E-state index contributed by atoms with van der Waals surface area (Å²) in [4.78, 5) is 0. The minimum Gasteiger partial charge on any atom is -1.00 e. The molecule has 1 heterocycles. The third kappa shape index (κ3) is 4.08. The molecule has 0 atom stereocenters. The molecule has 2 rings (SSSR count). The van der Waals surface area contributed by atoms with Gasteiger partial charge in [-0.1, -0.05) is 37.8 Å². The Balaban J connectivity index is 0.00000180. The van der Waals surface area contributed by atoms with Gasteiger partial charge in [0.15, 0.2) is 11.0 Å². The van der Waals surface area contributed by atoms with Gasteiger partial charge in [0.1, 0.15) is 0 Å². The molecule has 0 bridgehead atoms. The van der Waals surface area contributed by atoms with Gasteiger partial charge in [-0.2, -0.15) is 0 Å². The molecule has 0 unspecified atom stereocenters. The van der Waals surface area contributed by atoms with Gasteiger partial charge in [-0.25, -0.2) is 9.13 Å². The highest BCUT2D eigenvalue weighted by molar-refractivity contribution is 6.76. The van der Waals surface area contributed by atoms with E-state index < -0.39 is 8.07 Å². The first-order valence-corrected chi connectivity index (χ1v) is 10.7. The number of hydrogen-bond donors (Lipinski definition) is 0. The Morgan fingerprint density at radius 3 is 2.47 bits per heavy atom. The van der Waals surface area contributed by atoms with Crippen LogP contribution in [-0.4, -0.2) is 12.6 Å². The predicted molar refractivity (Wildman–Crippen MR) is 80.6 cm³/mol. The van der Waals surface area contributed by atoms with Crippen molar-refractivity contribution in [1.82, 2.24) is 4.57 Å². The highest BCUT2D eigenvalue weighted by atomic mass is 35.5. The number of rotatable bonds is 5. The number of aromatic nitrogens is 2. The van der Waals surface area contributed by atoms with E-state index in [1.807, 2.05) is 0 Å². The minimum atomic E-state index is -0.900. The third-order valence-corrected chi connectivity index (χ3v) is 5.30. The van der Waals surface area contributed by atoms with Crippen molar-refractivity contribution in [2.24, 2.45) is 0 Å². The smallest absolute Gasteiger partial charge is 0.244 e. The fourth-order valence-electron chi connectivity index (χ4n) is 2.45. The number of nitrogens with zero attached hydrogens (tertiary/aromatic N) is 2. The van der Waals surface area contributed by atoms with Crippen molar-refractivity contribution in [1.29, 1.82) is 0 Å². The molecule has 0 amide bonds. The quantitative estimate of drug-likeness (QED) is 0.567. The van der Waals surface area contributed by atoms with E-state index in [0.717, 1.165) is 13.1 Å². The Bertz CT molecular complexity index is 528. The van der Waals surface area contributed by atoms with E-state index in [4.69, 9.17) is 0 Å². The Labute approximate surface area is 123 Å². The van der Waals surface area contributed by atoms with Crippen LogP contribution >= 0.6 is 0 Å². The van der Waals surface area contributed by atoms with Crippen LogP contribution in [0.2, 0.25) is 25.7 Å². The fourth-order valence-corrected chi connectivity index (χ4v) is 3.67. The molecule has 4 heteroatoms. The Hall–Kier alpha value is -0.803. The maximum absolute atomic E-state index is 2.45. The highest BCUT2D eigenvalue weighted by Crippen LogP contribution is 2.13. The molecular weight excluding hydrogens is 272 g/mol. The lowest BCUT2D eigenvalue weighted by atomic mass is 10.3. The molecule has 0 fully saturated rings. The van der Waals surface area contributed by atoms with Gasteiger partial charge in [-0.05, 0) is 25.5 Å². The molecule has 0 saturated carbocycles. The van der Waals surface area contributed by atoms with Gasteiger partial charge in [0.05, 0.1) is 13.1 Å². The van der Waals surface area contributed by atoms with E-state index in [-0.39, 0.29) is 12.4 Å². The van der Waals surface area contributed by atoms with Crippen LogP contribution in [0.4, 0.5) is 0 Å². The monoisotopic (exact) mass is 296 g/mol. The summed E-state index contributed by atoms with van der Waals surface area (Å²) in [6.45, 7) is 11.8. The number of para-hydroxylation sites is 2. The molecule has 0 N–H and O–H groups in total. The summed E-state index contributed by atoms with van der Waals surface area (Å²) in [5.41, 5.74) is 2.72. The predicted octanol–water partition coefficient (Wildman–Crippen LogP) is 0.681. The number of fused-ring (bicyclic) bond motifs is 1. The summed E-state index contributed by atoms with van der Waals surface area (Å²) in [5, 5.41) is 0. The zero-order chi connectivity index (χ0) is 13.2. The molecule has 1 aromatic carbocycles. The largest absolute Gasteiger partial charge is 1.00 e. The molecule has 2 nitrogen and oxygen atoms in total. The molecule has 0 aliphatic carbocycles. The van der Waals surface area contributed by atoms with Crippen molar-refractivity contribution >= 4 is 19.1 Å². The van der Waals surface area contributed by atoms with Crippen LogP contribution in [-0.2, 0) is 13.1 Å². The Kier molecular flexibility index (Phi) is 5.62. The maximum Gasteiger partial charge on any atom is 0.244 e. The molecule has 0 saturated heterocycles. The average Bonchev–Trinajstić information content (AvgIpc) is 2.66. The SMILES string of the molecule is CCn1c[n+](CCC[Si](C)(C)C)c2ccccc21.[Cl-]. The van der Waals surface area contributed by atoms with E-state index in [2.05, 4.69) is 66.3 Å². The van der Waals surface area contributed by atoms with Gasteiger partial charge in [0, 0.05) is 8.07 Å². The first kappa shape index (κ1) is 16.3. The van der Waals surface area contributed by atoms with Crippen LogP contribution in [0.1, 0.15) is 13.3 Å². The number of benzene rings is 1. The van der Waals surface area contributed by atoms with Crippen molar-refractivity contribution in [2.45, 2.75) is 52.1 Å². The molecule has 0 spiro atoms. The van der Waals surface area contributed by atoms with Crippen LogP contribution in [0.3, 0.4) is 0 Å². The second kappa shape index (κ2) is 6.57. The Morgan fingerprint density at radius 2 is 1.84 bits per heavy atom. The molecule has 0 aliphatic rings. The molecule has 1 aromatic heterocycles. The van der Waals surface area contributed by atoms with Crippen molar-refractivity contribution in [3.63, 3.8) is 0 Å². The van der Waals surface area contributed by atoms with E-state index in [1.54, 1.807) is 0 Å². The average molecular weight is 297 g/mol. The topological polar surface area (TPSA) is 8.81 Å². The van der Waals surface area contributed by atoms with Crippen LogP contribution in [0.25, 0.3) is 11.0 Å². The van der Waals surface area contributed by atoms with Crippen molar-refractivity contribution in [2.75, 3.05) is 0 Å². The lowest BCUT2D eigenvalue weighted by Gasteiger charge is -2.14. The van der Waals surface area contributed by atoms with Gasteiger partial charge in [-0.15, -0.1) is 0 Å². The van der Waals surface area contributed by atoms with E-state index >= 15 is 0 Å². The molecule has 19 heavy (non-hydrogen) atoms. The molecule has 0 aliphatic heterocycles. The zero-order valence-corrected chi connectivity index (χ0v) is 14.2. The summed E-state index contributed by atoms with van der Waals surface area (Å²) < 4.78 is 4.75. The van der Waals surface area contributed by atoms with E-state index in [1.165, 1.54) is 23.5 Å². The second-order valence-corrected chi connectivity index (χ2v) is 11.9.